The molecule has 5 atom stereocenters. The van der Waals surface area contributed by atoms with Crippen LogP contribution in [0.4, 0.5) is 0 Å². The average molecular weight is 323 g/mol. The van der Waals surface area contributed by atoms with E-state index in [0.717, 1.165) is 0 Å². The Morgan fingerprint density at radius 2 is 1.82 bits per heavy atom. The first-order chi connectivity index (χ1) is 10.5. The lowest BCUT2D eigenvalue weighted by Crippen LogP contribution is -2.59. The number of aliphatic hydroxyl groups is 5. The Hall–Kier alpha value is -0.810. The first-order valence-electron chi connectivity index (χ1n) is 7.27. The van der Waals surface area contributed by atoms with Crippen LogP contribution in [0.15, 0.2) is 0 Å². The van der Waals surface area contributed by atoms with Crippen LogP contribution in [0.2, 0.25) is 0 Å². The normalized spacial score (nSPS) is 32.0. The number of ether oxygens (including phenoxy) is 2. The van der Waals surface area contributed by atoms with Crippen LogP contribution < -0.4 is 0 Å². The Balaban J connectivity index is 2.50. The van der Waals surface area contributed by atoms with Gasteiger partial charge in [0, 0.05) is 19.5 Å². The van der Waals surface area contributed by atoms with Gasteiger partial charge in [0.25, 0.3) is 0 Å². The smallest absolute Gasteiger partial charge is 0.222 e. The van der Waals surface area contributed by atoms with Gasteiger partial charge >= 0.3 is 0 Å². The minimum absolute atomic E-state index is 0.00836. The van der Waals surface area contributed by atoms with E-state index in [-0.39, 0.29) is 32.2 Å². The van der Waals surface area contributed by atoms with Crippen molar-refractivity contribution in [2.45, 2.75) is 44.1 Å². The summed E-state index contributed by atoms with van der Waals surface area (Å²) in [5.41, 5.74) is 0. The lowest BCUT2D eigenvalue weighted by atomic mass is 9.99. The molecular formula is C13H25NO8. The van der Waals surface area contributed by atoms with Gasteiger partial charge in [0.05, 0.1) is 19.8 Å². The number of hydrogen-bond donors (Lipinski definition) is 5. The monoisotopic (exact) mass is 323 g/mol. The van der Waals surface area contributed by atoms with Crippen molar-refractivity contribution in [2.75, 3.05) is 32.9 Å². The molecule has 9 nitrogen and oxygen atoms in total. The van der Waals surface area contributed by atoms with Gasteiger partial charge in [-0.1, -0.05) is 6.92 Å². The zero-order valence-electron chi connectivity index (χ0n) is 12.5. The molecule has 1 heterocycles. The highest BCUT2D eigenvalue weighted by atomic mass is 16.7. The highest BCUT2D eigenvalue weighted by molar-refractivity contribution is 5.75. The van der Waals surface area contributed by atoms with Crippen LogP contribution in [0.1, 0.15) is 13.3 Å². The number of amides is 1. The number of carbonyl (C=O) groups is 1. The molecule has 0 spiro atoms. The first-order valence-corrected chi connectivity index (χ1v) is 7.27. The minimum Gasteiger partial charge on any atom is -0.395 e. The first kappa shape index (κ1) is 19.2. The summed E-state index contributed by atoms with van der Waals surface area (Å²) in [6.07, 6.45) is -6.36. The van der Waals surface area contributed by atoms with E-state index in [1.54, 1.807) is 6.92 Å². The molecular weight excluding hydrogens is 298 g/mol. The molecule has 0 bridgehead atoms. The molecule has 1 amide bonds. The van der Waals surface area contributed by atoms with E-state index in [1.807, 2.05) is 0 Å². The van der Waals surface area contributed by atoms with Gasteiger partial charge in [-0.2, -0.15) is 0 Å². The predicted octanol–water partition coefficient (Wildman–Crippen LogP) is -2.97. The molecule has 0 aromatic carbocycles. The molecule has 1 fully saturated rings. The zero-order chi connectivity index (χ0) is 16.7. The molecule has 0 aromatic rings. The second kappa shape index (κ2) is 9.36. The lowest BCUT2D eigenvalue weighted by Gasteiger charge is -2.39. The third-order valence-corrected chi connectivity index (χ3v) is 3.52. The summed E-state index contributed by atoms with van der Waals surface area (Å²) in [4.78, 5) is 13.0. The van der Waals surface area contributed by atoms with Crippen molar-refractivity contribution in [2.24, 2.45) is 0 Å². The van der Waals surface area contributed by atoms with Crippen LogP contribution in [0.5, 0.6) is 0 Å². The second-order valence-corrected chi connectivity index (χ2v) is 5.03. The van der Waals surface area contributed by atoms with E-state index in [4.69, 9.17) is 19.7 Å². The maximum atomic E-state index is 11.6. The Kier molecular flexibility index (Phi) is 8.18. The van der Waals surface area contributed by atoms with Gasteiger partial charge in [0.15, 0.2) is 6.29 Å². The SMILES string of the molecule is CCC(=O)N(CCO)CCO[C@H]1O[C@H](CO)[C@@H](O)[C@H](O)[C@@H]1O. The van der Waals surface area contributed by atoms with Crippen LogP contribution >= 0.6 is 0 Å². The summed E-state index contributed by atoms with van der Waals surface area (Å²) in [7, 11) is 0. The Morgan fingerprint density at radius 1 is 1.14 bits per heavy atom. The quantitative estimate of drug-likeness (QED) is 0.319. The molecule has 1 rings (SSSR count). The summed E-state index contributed by atoms with van der Waals surface area (Å²) < 4.78 is 10.5. The number of carbonyl (C=O) groups excluding carboxylic acids is 1. The van der Waals surface area contributed by atoms with Gasteiger partial charge in [-0.05, 0) is 0 Å². The maximum Gasteiger partial charge on any atom is 0.222 e. The topological polar surface area (TPSA) is 140 Å². The molecule has 130 valence electrons. The molecule has 0 saturated carbocycles. The summed E-state index contributed by atoms with van der Waals surface area (Å²) in [5, 5.41) is 47.0. The van der Waals surface area contributed by atoms with Crippen molar-refractivity contribution < 1.29 is 39.8 Å². The molecule has 22 heavy (non-hydrogen) atoms. The van der Waals surface area contributed by atoms with E-state index in [2.05, 4.69) is 0 Å². The molecule has 5 N–H and O–H groups in total. The van der Waals surface area contributed by atoms with E-state index in [0.29, 0.717) is 6.42 Å². The van der Waals surface area contributed by atoms with Crippen LogP contribution in [0, 0.1) is 0 Å². The maximum absolute atomic E-state index is 11.6. The Morgan fingerprint density at radius 3 is 2.36 bits per heavy atom. The fraction of sp³-hybridized carbons (Fsp3) is 0.923. The summed E-state index contributed by atoms with van der Waals surface area (Å²) in [5.74, 6) is -0.147. The largest absolute Gasteiger partial charge is 0.395 e. The molecule has 1 saturated heterocycles. The molecule has 9 heteroatoms. The summed E-state index contributed by atoms with van der Waals surface area (Å²) in [6, 6.07) is 0. The Labute approximate surface area is 128 Å². The van der Waals surface area contributed by atoms with E-state index < -0.39 is 37.3 Å². The van der Waals surface area contributed by atoms with Crippen LogP contribution in [-0.2, 0) is 14.3 Å². The molecule has 0 unspecified atom stereocenters. The van der Waals surface area contributed by atoms with Crippen molar-refractivity contribution in [1.29, 1.82) is 0 Å². The summed E-state index contributed by atoms with van der Waals surface area (Å²) in [6.45, 7) is 1.36. The zero-order valence-corrected chi connectivity index (χ0v) is 12.5. The molecule has 0 aliphatic carbocycles. The van der Waals surface area contributed by atoms with Crippen LogP contribution in [0.3, 0.4) is 0 Å². The number of hydrogen-bond acceptors (Lipinski definition) is 8. The van der Waals surface area contributed by atoms with Gasteiger partial charge in [-0.25, -0.2) is 0 Å². The second-order valence-electron chi connectivity index (χ2n) is 5.03. The van der Waals surface area contributed by atoms with Gasteiger partial charge in [0.1, 0.15) is 24.4 Å². The highest BCUT2D eigenvalue weighted by Crippen LogP contribution is 2.21. The third kappa shape index (κ3) is 4.85. The van der Waals surface area contributed by atoms with Crippen molar-refractivity contribution in [3.05, 3.63) is 0 Å². The van der Waals surface area contributed by atoms with Crippen molar-refractivity contribution in [1.82, 2.24) is 4.90 Å². The summed E-state index contributed by atoms with van der Waals surface area (Å²) >= 11 is 0. The predicted molar refractivity (Wildman–Crippen MR) is 73.7 cm³/mol. The van der Waals surface area contributed by atoms with Gasteiger partial charge in [-0.3, -0.25) is 4.79 Å². The van der Waals surface area contributed by atoms with Gasteiger partial charge < -0.3 is 39.9 Å². The fourth-order valence-electron chi connectivity index (χ4n) is 2.19. The fourth-order valence-corrected chi connectivity index (χ4v) is 2.19. The highest BCUT2D eigenvalue weighted by Gasteiger charge is 2.43. The van der Waals surface area contributed by atoms with Crippen molar-refractivity contribution in [3.8, 4) is 0 Å². The lowest BCUT2D eigenvalue weighted by molar-refractivity contribution is -0.301. The number of aliphatic hydroxyl groups excluding tert-OH is 5. The van der Waals surface area contributed by atoms with E-state index in [9.17, 15) is 20.1 Å². The van der Waals surface area contributed by atoms with E-state index in [1.165, 1.54) is 4.90 Å². The molecule has 1 aliphatic rings. The Bertz CT molecular complexity index is 340. The van der Waals surface area contributed by atoms with Crippen LogP contribution in [0.25, 0.3) is 0 Å². The molecule has 0 radical (unpaired) electrons. The minimum atomic E-state index is -1.50. The molecule has 1 aliphatic heterocycles. The average Bonchev–Trinajstić information content (AvgIpc) is 2.53. The van der Waals surface area contributed by atoms with Gasteiger partial charge in [-0.15, -0.1) is 0 Å². The third-order valence-electron chi connectivity index (χ3n) is 3.52. The van der Waals surface area contributed by atoms with Crippen LogP contribution in [-0.4, -0.2) is 100.0 Å². The van der Waals surface area contributed by atoms with E-state index >= 15 is 0 Å². The standard InChI is InChI=1S/C13H25NO8/c1-2-9(17)14(3-5-15)4-6-21-13-12(20)11(19)10(18)8(7-16)22-13/h8,10-13,15-16,18-20H,2-7H2,1H3/t8-,10-,11+,12+,13+/m1/s1. The van der Waals surface area contributed by atoms with Crippen molar-refractivity contribution in [3.63, 3.8) is 0 Å². The van der Waals surface area contributed by atoms with Gasteiger partial charge in [0.2, 0.25) is 5.91 Å². The van der Waals surface area contributed by atoms with Crippen molar-refractivity contribution >= 4 is 5.91 Å². The number of nitrogens with zero attached hydrogens (tertiary/aromatic N) is 1. The number of rotatable bonds is 8. The molecule has 0 aromatic heterocycles.